The summed E-state index contributed by atoms with van der Waals surface area (Å²) in [4.78, 5) is 21.4. The minimum Gasteiger partial charge on any atom is -0.409 e. The van der Waals surface area contributed by atoms with Crippen LogP contribution in [0, 0.1) is 0 Å². The average molecular weight is 611 g/mol. The first-order valence-electron chi connectivity index (χ1n) is 13.5. The fraction of sp³-hybridized carbons (Fsp3) is 0.385. The molecule has 0 spiro atoms. The number of aryl methyl sites for hydroxylation is 1. The number of piperazine rings is 1. The Hall–Kier alpha value is -3.99. The van der Waals surface area contributed by atoms with E-state index >= 15 is 0 Å². The van der Waals surface area contributed by atoms with Crippen LogP contribution in [0.3, 0.4) is 0 Å². The maximum Gasteiger partial charge on any atom is 0.283 e. The zero-order valence-electron chi connectivity index (χ0n) is 22.8. The molecule has 0 bridgehead atoms. The molecule has 0 aliphatic carbocycles. The molecule has 4 aromatic rings. The number of rotatable bonds is 7. The summed E-state index contributed by atoms with van der Waals surface area (Å²) in [6, 6.07) is 9.87. The Labute approximate surface area is 245 Å². The summed E-state index contributed by atoms with van der Waals surface area (Å²) in [6.45, 7) is 3.27. The lowest BCUT2D eigenvalue weighted by Crippen LogP contribution is -2.56. The van der Waals surface area contributed by atoms with Gasteiger partial charge in [0.15, 0.2) is 16.7 Å². The van der Waals surface area contributed by atoms with Gasteiger partial charge in [-0.1, -0.05) is 28.6 Å². The van der Waals surface area contributed by atoms with Crippen LogP contribution < -0.4 is 11.1 Å². The smallest absolute Gasteiger partial charge is 0.283 e. The highest BCUT2D eigenvalue weighted by Gasteiger charge is 2.38. The van der Waals surface area contributed by atoms with Gasteiger partial charge in [0.1, 0.15) is 0 Å². The summed E-state index contributed by atoms with van der Waals surface area (Å²) in [5, 5.41) is 31.4. The number of thiazole rings is 1. The van der Waals surface area contributed by atoms with E-state index in [-0.39, 0.29) is 36.3 Å². The molecule has 16 heteroatoms. The van der Waals surface area contributed by atoms with Crippen molar-refractivity contribution in [2.45, 2.75) is 49.7 Å². The van der Waals surface area contributed by atoms with Gasteiger partial charge in [-0.2, -0.15) is 9.52 Å². The minimum absolute atomic E-state index is 0.0305. The molecule has 1 saturated heterocycles. The number of aromatic amines is 1. The maximum absolute atomic E-state index is 13.8. The topological polar surface area (TPSA) is 196 Å². The van der Waals surface area contributed by atoms with Crippen LogP contribution in [0.15, 0.2) is 46.4 Å². The number of tetrazole rings is 1. The monoisotopic (exact) mass is 610 g/mol. The van der Waals surface area contributed by atoms with E-state index in [1.165, 1.54) is 15.6 Å². The van der Waals surface area contributed by atoms with E-state index in [1.807, 2.05) is 0 Å². The van der Waals surface area contributed by atoms with Crippen LogP contribution in [-0.4, -0.2) is 91.9 Å². The molecule has 1 fully saturated rings. The van der Waals surface area contributed by atoms with E-state index in [0.29, 0.717) is 47.2 Å². The lowest BCUT2D eigenvalue weighted by Gasteiger charge is -2.40. The molecule has 2 aromatic carbocycles. The zero-order chi connectivity index (χ0) is 29.4. The van der Waals surface area contributed by atoms with Crippen LogP contribution >= 0.6 is 11.3 Å². The Balaban J connectivity index is 1.25. The number of nitrogens with zero attached hydrogens (tertiary/aromatic N) is 7. The van der Waals surface area contributed by atoms with Gasteiger partial charge < -0.3 is 21.2 Å². The predicted molar refractivity (Wildman–Crippen MR) is 155 cm³/mol. The fourth-order valence-corrected chi connectivity index (χ4v) is 7.92. The lowest BCUT2D eigenvalue weighted by molar-refractivity contribution is 0.0550. The van der Waals surface area contributed by atoms with Crippen molar-refractivity contribution in [1.82, 2.24) is 40.1 Å². The summed E-state index contributed by atoms with van der Waals surface area (Å²) < 4.78 is 29.1. The standard InChI is InChI=1S/C26H30N10O4S2/c1-15-10-21-22(13-28-15)41-25(29-21)26(37)36-9-8-35(14-19(36)5-7-23-30-33-34-31-23)42(39,40)20-6-4-16-11-18(24(27)32-38)3-2-17(16)12-20/h2-4,6,11-12,15,19,28,38H,5,7-10,13-14H2,1H3,(H2,27,32)(H,30,31,33,34). The summed E-state index contributed by atoms with van der Waals surface area (Å²) in [6.07, 6.45) is 1.64. The van der Waals surface area contributed by atoms with E-state index in [2.05, 4.69) is 43.0 Å². The second-order valence-electron chi connectivity index (χ2n) is 10.5. The first-order chi connectivity index (χ1) is 20.2. The molecule has 1 amide bonds. The van der Waals surface area contributed by atoms with E-state index in [4.69, 9.17) is 10.9 Å². The van der Waals surface area contributed by atoms with Gasteiger partial charge in [-0.05, 0) is 42.3 Å². The Bertz CT molecular complexity index is 1760. The number of hydrogen-bond acceptors (Lipinski definition) is 11. The summed E-state index contributed by atoms with van der Waals surface area (Å²) in [5.41, 5.74) is 7.18. The minimum atomic E-state index is -3.88. The molecule has 2 atom stereocenters. The number of carbonyl (C=O) groups is 1. The molecule has 42 heavy (non-hydrogen) atoms. The number of carbonyl (C=O) groups excluding carboxylic acids is 1. The van der Waals surface area contributed by atoms with Gasteiger partial charge in [-0.3, -0.25) is 4.79 Å². The Morgan fingerprint density at radius 2 is 2.02 bits per heavy atom. The van der Waals surface area contributed by atoms with Crippen molar-refractivity contribution in [2.24, 2.45) is 10.9 Å². The van der Waals surface area contributed by atoms with Gasteiger partial charge in [-0.25, -0.2) is 13.4 Å². The first kappa shape index (κ1) is 28.1. The molecular weight excluding hydrogens is 580 g/mol. The molecule has 0 radical (unpaired) electrons. The number of fused-ring (bicyclic) bond motifs is 2. The molecule has 2 aliphatic heterocycles. The van der Waals surface area contributed by atoms with Crippen molar-refractivity contribution in [1.29, 1.82) is 0 Å². The van der Waals surface area contributed by atoms with E-state index in [1.54, 1.807) is 41.3 Å². The van der Waals surface area contributed by atoms with Crippen molar-refractivity contribution < 1.29 is 18.4 Å². The molecule has 0 saturated carbocycles. The van der Waals surface area contributed by atoms with Crippen molar-refractivity contribution in [3.63, 3.8) is 0 Å². The molecule has 2 aromatic heterocycles. The van der Waals surface area contributed by atoms with Crippen LogP contribution in [-0.2, 0) is 29.4 Å². The number of oxime groups is 1. The van der Waals surface area contributed by atoms with Crippen molar-refractivity contribution in [3.8, 4) is 0 Å². The van der Waals surface area contributed by atoms with E-state index < -0.39 is 16.1 Å². The molecule has 2 aliphatic rings. The predicted octanol–water partition coefficient (Wildman–Crippen LogP) is 1.09. The average Bonchev–Trinajstić information content (AvgIpc) is 3.68. The number of amides is 1. The highest BCUT2D eigenvalue weighted by Crippen LogP contribution is 2.29. The number of benzene rings is 2. The van der Waals surface area contributed by atoms with E-state index in [0.717, 1.165) is 22.4 Å². The molecule has 4 heterocycles. The highest BCUT2D eigenvalue weighted by atomic mass is 32.2. The number of aromatic nitrogens is 5. The molecule has 5 N–H and O–H groups in total. The Morgan fingerprint density at radius 3 is 2.81 bits per heavy atom. The number of nitrogens with two attached hydrogens (primary N) is 1. The van der Waals surface area contributed by atoms with Gasteiger partial charge in [0, 0.05) is 61.5 Å². The van der Waals surface area contributed by atoms with Crippen LogP contribution in [0.25, 0.3) is 10.8 Å². The van der Waals surface area contributed by atoms with Gasteiger partial charge in [0.2, 0.25) is 10.0 Å². The second kappa shape index (κ2) is 11.4. The van der Waals surface area contributed by atoms with E-state index in [9.17, 15) is 13.2 Å². The quantitative estimate of drug-likeness (QED) is 0.102. The third-order valence-electron chi connectivity index (χ3n) is 7.72. The Morgan fingerprint density at radius 1 is 1.21 bits per heavy atom. The van der Waals surface area contributed by atoms with Crippen LogP contribution in [0.5, 0.6) is 0 Å². The molecule has 220 valence electrons. The number of sulfonamides is 1. The zero-order valence-corrected chi connectivity index (χ0v) is 24.4. The normalized spacial score (nSPS) is 20.1. The molecule has 14 nitrogen and oxygen atoms in total. The maximum atomic E-state index is 13.8. The lowest BCUT2D eigenvalue weighted by atomic mass is 10.1. The SMILES string of the molecule is CC1Cc2nc(C(=O)N3CCN(S(=O)(=O)c4ccc5cc(/C(N)=N/O)ccc5c4)CC3CCc3nn[nH]n3)sc2CN1. The number of amidine groups is 1. The summed E-state index contributed by atoms with van der Waals surface area (Å²) in [7, 11) is -3.88. The Kier molecular flexibility index (Phi) is 7.61. The third-order valence-corrected chi connectivity index (χ3v) is 10.7. The number of nitrogens with one attached hydrogen (secondary N) is 2. The second-order valence-corrected chi connectivity index (χ2v) is 13.5. The van der Waals surface area contributed by atoms with Crippen molar-refractivity contribution in [2.75, 3.05) is 19.6 Å². The van der Waals surface area contributed by atoms with Crippen LogP contribution in [0.2, 0.25) is 0 Å². The molecule has 6 rings (SSSR count). The first-order valence-corrected chi connectivity index (χ1v) is 15.8. The molecular formula is C26H30N10O4S2. The van der Waals surface area contributed by atoms with Crippen molar-refractivity contribution in [3.05, 3.63) is 63.4 Å². The van der Waals surface area contributed by atoms with Gasteiger partial charge in [-0.15, -0.1) is 21.5 Å². The van der Waals surface area contributed by atoms with Gasteiger partial charge in [0.25, 0.3) is 5.91 Å². The highest BCUT2D eigenvalue weighted by molar-refractivity contribution is 7.89. The van der Waals surface area contributed by atoms with Crippen LogP contribution in [0.4, 0.5) is 0 Å². The summed E-state index contributed by atoms with van der Waals surface area (Å²) >= 11 is 1.40. The largest absolute Gasteiger partial charge is 0.409 e. The number of hydrogen-bond donors (Lipinski definition) is 4. The third kappa shape index (κ3) is 5.45. The number of H-pyrrole nitrogens is 1. The van der Waals surface area contributed by atoms with Gasteiger partial charge >= 0.3 is 0 Å². The van der Waals surface area contributed by atoms with Gasteiger partial charge in [0.05, 0.1) is 10.6 Å². The van der Waals surface area contributed by atoms with Crippen LogP contribution in [0.1, 0.15) is 45.1 Å². The fourth-order valence-electron chi connectivity index (χ4n) is 5.42. The molecule has 2 unspecified atom stereocenters. The summed E-state index contributed by atoms with van der Waals surface area (Å²) in [5.74, 6) is 0.273. The van der Waals surface area contributed by atoms with Crippen molar-refractivity contribution >= 4 is 43.9 Å².